The zero-order chi connectivity index (χ0) is 11.4. The molecule has 0 amide bonds. The van der Waals surface area contributed by atoms with Crippen LogP contribution in [0.3, 0.4) is 0 Å². The van der Waals surface area contributed by atoms with Gasteiger partial charge in [-0.05, 0) is 23.6 Å². The molecule has 1 nitrogen and oxygen atoms in total. The summed E-state index contributed by atoms with van der Waals surface area (Å²) in [4.78, 5) is 0. The van der Waals surface area contributed by atoms with Crippen molar-refractivity contribution in [3.8, 4) is 0 Å². The average molecular weight is 211 g/mol. The molecule has 0 saturated heterocycles. The van der Waals surface area contributed by atoms with E-state index in [1.165, 1.54) is 16.7 Å². The molecule has 2 aromatic carbocycles. The second-order valence-electron chi connectivity index (χ2n) is 4.06. The van der Waals surface area contributed by atoms with Gasteiger partial charge in [0.05, 0.1) is 0 Å². The van der Waals surface area contributed by atoms with Crippen molar-refractivity contribution in [1.29, 1.82) is 0 Å². The van der Waals surface area contributed by atoms with Crippen LogP contribution >= 0.6 is 0 Å². The van der Waals surface area contributed by atoms with Crippen LogP contribution in [0.25, 0.3) is 0 Å². The van der Waals surface area contributed by atoms with Crippen LogP contribution in [0.4, 0.5) is 0 Å². The van der Waals surface area contributed by atoms with E-state index in [2.05, 4.69) is 55.5 Å². The standard InChI is InChI=1S/C15H17N/c1-12-7-5-6-10-14(12)15(11-16)13-8-3-2-4-9-13/h2-10,15H,11,16H2,1H3/t15-/m0/s1. The molecule has 0 aliphatic rings. The molecule has 2 N–H and O–H groups in total. The van der Waals surface area contributed by atoms with Crippen LogP contribution in [-0.4, -0.2) is 6.54 Å². The van der Waals surface area contributed by atoms with Crippen LogP contribution in [0, 0.1) is 6.92 Å². The van der Waals surface area contributed by atoms with Crippen molar-refractivity contribution < 1.29 is 0 Å². The fraction of sp³-hybridized carbons (Fsp3) is 0.200. The van der Waals surface area contributed by atoms with E-state index < -0.39 is 0 Å². The summed E-state index contributed by atoms with van der Waals surface area (Å²) in [5.41, 5.74) is 9.83. The van der Waals surface area contributed by atoms with E-state index in [1.54, 1.807) is 0 Å². The SMILES string of the molecule is Cc1ccccc1[C@@H](CN)c1ccccc1. The van der Waals surface area contributed by atoms with Crippen molar-refractivity contribution in [1.82, 2.24) is 0 Å². The Morgan fingerprint density at radius 1 is 0.938 bits per heavy atom. The number of benzene rings is 2. The van der Waals surface area contributed by atoms with E-state index in [0.717, 1.165) is 0 Å². The lowest BCUT2D eigenvalue weighted by Gasteiger charge is -2.17. The van der Waals surface area contributed by atoms with Gasteiger partial charge in [-0.1, -0.05) is 54.6 Å². The summed E-state index contributed by atoms with van der Waals surface area (Å²) in [6, 6.07) is 18.9. The molecule has 16 heavy (non-hydrogen) atoms. The summed E-state index contributed by atoms with van der Waals surface area (Å²) in [5, 5.41) is 0. The van der Waals surface area contributed by atoms with Crippen molar-refractivity contribution >= 4 is 0 Å². The molecule has 1 heteroatoms. The Hall–Kier alpha value is -1.60. The number of hydrogen-bond donors (Lipinski definition) is 1. The molecule has 0 bridgehead atoms. The first-order valence-electron chi connectivity index (χ1n) is 5.63. The molecule has 0 aliphatic heterocycles. The Morgan fingerprint density at radius 2 is 1.56 bits per heavy atom. The van der Waals surface area contributed by atoms with Crippen molar-refractivity contribution in [2.75, 3.05) is 6.54 Å². The molecule has 82 valence electrons. The van der Waals surface area contributed by atoms with Crippen LogP contribution in [0.2, 0.25) is 0 Å². The summed E-state index contributed by atoms with van der Waals surface area (Å²) in [6.07, 6.45) is 0. The highest BCUT2D eigenvalue weighted by atomic mass is 14.5. The monoisotopic (exact) mass is 211 g/mol. The van der Waals surface area contributed by atoms with Crippen molar-refractivity contribution in [3.63, 3.8) is 0 Å². The average Bonchev–Trinajstić information content (AvgIpc) is 2.34. The van der Waals surface area contributed by atoms with Gasteiger partial charge in [0.2, 0.25) is 0 Å². The molecular weight excluding hydrogens is 194 g/mol. The van der Waals surface area contributed by atoms with Gasteiger partial charge in [-0.25, -0.2) is 0 Å². The van der Waals surface area contributed by atoms with E-state index in [1.807, 2.05) is 6.07 Å². The summed E-state index contributed by atoms with van der Waals surface area (Å²) in [6.45, 7) is 2.79. The van der Waals surface area contributed by atoms with Gasteiger partial charge in [0, 0.05) is 12.5 Å². The Morgan fingerprint density at radius 3 is 2.19 bits per heavy atom. The second-order valence-corrected chi connectivity index (χ2v) is 4.06. The van der Waals surface area contributed by atoms with Crippen LogP contribution < -0.4 is 5.73 Å². The third-order valence-electron chi connectivity index (χ3n) is 3.00. The number of nitrogens with two attached hydrogens (primary N) is 1. The second kappa shape index (κ2) is 4.95. The predicted molar refractivity (Wildman–Crippen MR) is 68.5 cm³/mol. The summed E-state index contributed by atoms with van der Waals surface area (Å²) < 4.78 is 0. The Bertz CT molecular complexity index is 448. The lowest BCUT2D eigenvalue weighted by molar-refractivity contribution is 0.812. The Kier molecular flexibility index (Phi) is 3.37. The fourth-order valence-electron chi connectivity index (χ4n) is 2.11. The smallest absolute Gasteiger partial charge is 0.0215 e. The van der Waals surface area contributed by atoms with Crippen LogP contribution in [0.1, 0.15) is 22.6 Å². The third-order valence-corrected chi connectivity index (χ3v) is 3.00. The molecule has 0 heterocycles. The summed E-state index contributed by atoms with van der Waals surface area (Å²) in [5.74, 6) is 0.308. The fourth-order valence-corrected chi connectivity index (χ4v) is 2.11. The predicted octanol–water partition coefficient (Wildman–Crippen LogP) is 3.09. The lowest BCUT2D eigenvalue weighted by atomic mass is 9.89. The molecule has 0 saturated carbocycles. The number of rotatable bonds is 3. The van der Waals surface area contributed by atoms with Gasteiger partial charge in [0.15, 0.2) is 0 Å². The van der Waals surface area contributed by atoms with Gasteiger partial charge in [0.1, 0.15) is 0 Å². The van der Waals surface area contributed by atoms with Crippen molar-refractivity contribution in [2.45, 2.75) is 12.8 Å². The van der Waals surface area contributed by atoms with Gasteiger partial charge in [0.25, 0.3) is 0 Å². The van der Waals surface area contributed by atoms with E-state index in [9.17, 15) is 0 Å². The molecule has 2 rings (SSSR count). The van der Waals surface area contributed by atoms with E-state index >= 15 is 0 Å². The van der Waals surface area contributed by atoms with E-state index in [4.69, 9.17) is 5.73 Å². The molecule has 0 aromatic heterocycles. The van der Waals surface area contributed by atoms with Crippen LogP contribution in [0.5, 0.6) is 0 Å². The highest BCUT2D eigenvalue weighted by Crippen LogP contribution is 2.25. The topological polar surface area (TPSA) is 26.0 Å². The third kappa shape index (κ3) is 2.15. The lowest BCUT2D eigenvalue weighted by Crippen LogP contribution is -2.14. The first-order valence-corrected chi connectivity index (χ1v) is 5.63. The Labute approximate surface area is 96.9 Å². The summed E-state index contributed by atoms with van der Waals surface area (Å²) >= 11 is 0. The van der Waals surface area contributed by atoms with Gasteiger partial charge in [-0.3, -0.25) is 0 Å². The minimum absolute atomic E-state index is 0.308. The molecule has 0 radical (unpaired) electrons. The van der Waals surface area contributed by atoms with Crippen LogP contribution in [-0.2, 0) is 0 Å². The molecule has 0 unspecified atom stereocenters. The minimum Gasteiger partial charge on any atom is -0.330 e. The van der Waals surface area contributed by atoms with E-state index in [0.29, 0.717) is 12.5 Å². The maximum atomic E-state index is 5.91. The molecule has 0 aliphatic carbocycles. The largest absolute Gasteiger partial charge is 0.330 e. The highest BCUT2D eigenvalue weighted by molar-refractivity contribution is 5.37. The van der Waals surface area contributed by atoms with Crippen LogP contribution in [0.15, 0.2) is 54.6 Å². The maximum absolute atomic E-state index is 5.91. The van der Waals surface area contributed by atoms with Crippen molar-refractivity contribution in [2.24, 2.45) is 5.73 Å². The van der Waals surface area contributed by atoms with Crippen molar-refractivity contribution in [3.05, 3.63) is 71.3 Å². The summed E-state index contributed by atoms with van der Waals surface area (Å²) in [7, 11) is 0. The highest BCUT2D eigenvalue weighted by Gasteiger charge is 2.13. The van der Waals surface area contributed by atoms with E-state index in [-0.39, 0.29) is 0 Å². The minimum atomic E-state index is 0.308. The molecule has 2 aromatic rings. The first kappa shape index (κ1) is 10.9. The molecular formula is C15H17N. The van der Waals surface area contributed by atoms with Gasteiger partial charge in [-0.15, -0.1) is 0 Å². The molecule has 0 spiro atoms. The maximum Gasteiger partial charge on any atom is 0.0215 e. The van der Waals surface area contributed by atoms with Gasteiger partial charge in [-0.2, -0.15) is 0 Å². The number of hydrogen-bond acceptors (Lipinski definition) is 1. The molecule has 1 atom stereocenters. The number of aryl methyl sites for hydroxylation is 1. The molecule has 0 fully saturated rings. The quantitative estimate of drug-likeness (QED) is 0.829. The zero-order valence-electron chi connectivity index (χ0n) is 9.56. The first-order chi connectivity index (χ1) is 7.83. The van der Waals surface area contributed by atoms with Gasteiger partial charge < -0.3 is 5.73 Å². The Balaban J connectivity index is 2.41. The van der Waals surface area contributed by atoms with Gasteiger partial charge >= 0.3 is 0 Å². The zero-order valence-corrected chi connectivity index (χ0v) is 9.56. The normalized spacial score (nSPS) is 12.4.